The van der Waals surface area contributed by atoms with Crippen LogP contribution in [-0.4, -0.2) is 42.2 Å². The molecule has 0 aliphatic heterocycles. The molecule has 0 bridgehead atoms. The summed E-state index contributed by atoms with van der Waals surface area (Å²) in [5.74, 6) is 3.35. The second-order valence-corrected chi connectivity index (χ2v) is 5.33. The molecule has 1 aromatic rings. The molecule has 1 unspecified atom stereocenters. The van der Waals surface area contributed by atoms with E-state index in [1.54, 1.807) is 18.9 Å². The fourth-order valence-electron chi connectivity index (χ4n) is 1.58. The molecule has 0 saturated carbocycles. The lowest BCUT2D eigenvalue weighted by Gasteiger charge is -2.15. The van der Waals surface area contributed by atoms with Gasteiger partial charge in [0.25, 0.3) is 0 Å². The van der Waals surface area contributed by atoms with Crippen LogP contribution in [0.25, 0.3) is 0 Å². The molecule has 0 radical (unpaired) electrons. The summed E-state index contributed by atoms with van der Waals surface area (Å²) in [6.07, 6.45) is 1.82. The molecule has 104 valence electrons. The highest BCUT2D eigenvalue weighted by molar-refractivity contribution is 7.98. The summed E-state index contributed by atoms with van der Waals surface area (Å²) in [7, 11) is 1.71. The van der Waals surface area contributed by atoms with E-state index in [1.165, 1.54) is 0 Å². The molecule has 5 nitrogen and oxygen atoms in total. The number of nitrogens with zero attached hydrogens (tertiary/aromatic N) is 2. The van der Waals surface area contributed by atoms with E-state index in [2.05, 4.69) is 29.3 Å². The van der Waals surface area contributed by atoms with E-state index in [0.29, 0.717) is 12.5 Å². The smallest absolute Gasteiger partial charge is 0.228 e. The lowest BCUT2D eigenvalue weighted by molar-refractivity contribution is 0.161. The van der Waals surface area contributed by atoms with E-state index >= 15 is 0 Å². The molecule has 0 aliphatic rings. The molecule has 0 saturated heterocycles. The van der Waals surface area contributed by atoms with Crippen LogP contribution in [0.1, 0.15) is 32.0 Å². The van der Waals surface area contributed by atoms with Gasteiger partial charge in [-0.05, 0) is 18.7 Å². The maximum absolute atomic E-state index is 5.25. The van der Waals surface area contributed by atoms with Crippen LogP contribution in [0, 0.1) is 0 Å². The summed E-state index contributed by atoms with van der Waals surface area (Å²) in [4.78, 5) is 4.38. The van der Waals surface area contributed by atoms with Gasteiger partial charge in [-0.25, -0.2) is 0 Å². The Bertz CT molecular complexity index is 320. The Morgan fingerprint density at radius 3 is 2.94 bits per heavy atom. The van der Waals surface area contributed by atoms with Crippen LogP contribution in [0.5, 0.6) is 0 Å². The van der Waals surface area contributed by atoms with Gasteiger partial charge in [0.05, 0.1) is 12.4 Å². The molecule has 1 N–H and O–H groups in total. The van der Waals surface area contributed by atoms with Crippen molar-refractivity contribution in [1.29, 1.82) is 0 Å². The zero-order valence-electron chi connectivity index (χ0n) is 11.4. The number of thioether (sulfide) groups is 1. The summed E-state index contributed by atoms with van der Waals surface area (Å²) in [5, 5.41) is 7.38. The second kappa shape index (κ2) is 9.35. The molecular formula is C12H23N3O2S. The number of nitrogens with one attached hydrogen (secondary N) is 1. The van der Waals surface area contributed by atoms with Crippen molar-refractivity contribution in [3.05, 3.63) is 11.7 Å². The highest BCUT2D eigenvalue weighted by Gasteiger charge is 2.13. The Morgan fingerprint density at radius 1 is 1.44 bits per heavy atom. The largest absolute Gasteiger partial charge is 0.383 e. The van der Waals surface area contributed by atoms with Crippen LogP contribution in [0.15, 0.2) is 4.52 Å². The normalized spacial score (nSPS) is 12.8. The van der Waals surface area contributed by atoms with Crippen molar-refractivity contribution in [2.45, 2.75) is 38.5 Å². The third kappa shape index (κ3) is 5.84. The van der Waals surface area contributed by atoms with E-state index in [9.17, 15) is 0 Å². The van der Waals surface area contributed by atoms with Crippen LogP contribution in [0.2, 0.25) is 0 Å². The van der Waals surface area contributed by atoms with Crippen LogP contribution in [0.4, 0.5) is 0 Å². The molecule has 0 spiro atoms. The topological polar surface area (TPSA) is 60.2 Å². The summed E-state index contributed by atoms with van der Waals surface area (Å²) in [5.41, 5.74) is 0. The summed E-state index contributed by atoms with van der Waals surface area (Å²) in [6, 6.07) is 0.238. The van der Waals surface area contributed by atoms with Crippen molar-refractivity contribution in [3.8, 4) is 0 Å². The lowest BCUT2D eigenvalue weighted by atomic mass is 10.2. The Morgan fingerprint density at radius 2 is 2.28 bits per heavy atom. The molecule has 1 atom stereocenters. The monoisotopic (exact) mass is 273 g/mol. The first kappa shape index (κ1) is 15.5. The molecule has 0 amide bonds. The number of rotatable bonds is 10. The molecule has 0 aromatic carbocycles. The minimum Gasteiger partial charge on any atom is -0.383 e. The fraction of sp³-hybridized carbons (Fsp3) is 0.833. The Hall–Kier alpha value is -0.590. The van der Waals surface area contributed by atoms with Gasteiger partial charge >= 0.3 is 0 Å². The van der Waals surface area contributed by atoms with Crippen LogP contribution in [0.3, 0.4) is 0 Å². The predicted octanol–water partition coefficient (Wildman–Crippen LogP) is 1.88. The lowest BCUT2D eigenvalue weighted by Crippen LogP contribution is -2.35. The van der Waals surface area contributed by atoms with E-state index < -0.39 is 0 Å². The van der Waals surface area contributed by atoms with Gasteiger partial charge in [-0.15, -0.1) is 0 Å². The maximum atomic E-state index is 5.25. The molecular weight excluding hydrogens is 250 g/mol. The molecule has 0 fully saturated rings. The van der Waals surface area contributed by atoms with Gasteiger partial charge in [-0.1, -0.05) is 19.0 Å². The highest BCUT2D eigenvalue weighted by Crippen LogP contribution is 2.09. The molecule has 6 heteroatoms. The maximum Gasteiger partial charge on any atom is 0.228 e. The number of hydrogen-bond donors (Lipinski definition) is 1. The molecule has 1 rings (SSSR count). The third-order valence-electron chi connectivity index (χ3n) is 2.42. The number of aromatic nitrogens is 2. The molecule has 1 heterocycles. The average molecular weight is 273 g/mol. The highest BCUT2D eigenvalue weighted by atomic mass is 32.2. The summed E-state index contributed by atoms with van der Waals surface area (Å²) in [6.45, 7) is 5.89. The van der Waals surface area contributed by atoms with Crippen LogP contribution >= 0.6 is 11.8 Å². The zero-order chi connectivity index (χ0) is 13.2. The van der Waals surface area contributed by atoms with Crippen molar-refractivity contribution in [3.63, 3.8) is 0 Å². The average Bonchev–Trinajstić information content (AvgIpc) is 2.81. The van der Waals surface area contributed by atoms with Gasteiger partial charge in [-0.2, -0.15) is 16.7 Å². The number of hydrogen-bond acceptors (Lipinski definition) is 6. The number of methoxy groups -OCH3 is 1. The van der Waals surface area contributed by atoms with Gasteiger partial charge in [0.15, 0.2) is 5.82 Å². The standard InChI is InChI=1S/C12H23N3O2S/c1-4-6-13-10(8-16-3)7-12-14-11(15-17-12)9-18-5-2/h10,13H,4-9H2,1-3H3. The van der Waals surface area contributed by atoms with Crippen molar-refractivity contribution < 1.29 is 9.26 Å². The summed E-state index contributed by atoms with van der Waals surface area (Å²) < 4.78 is 10.4. The quantitative estimate of drug-likeness (QED) is 0.702. The van der Waals surface area contributed by atoms with E-state index in [4.69, 9.17) is 9.26 Å². The number of ether oxygens (including phenoxy) is 1. The van der Waals surface area contributed by atoms with Crippen molar-refractivity contribution in [2.24, 2.45) is 0 Å². The third-order valence-corrected chi connectivity index (χ3v) is 3.29. The Kier molecular flexibility index (Phi) is 8.04. The van der Waals surface area contributed by atoms with Gasteiger partial charge < -0.3 is 14.6 Å². The fourth-order valence-corrected chi connectivity index (χ4v) is 2.08. The first-order valence-electron chi connectivity index (χ1n) is 6.41. The van der Waals surface area contributed by atoms with Crippen molar-refractivity contribution in [2.75, 3.05) is 26.0 Å². The minimum absolute atomic E-state index is 0.238. The summed E-state index contributed by atoms with van der Waals surface area (Å²) >= 11 is 1.79. The van der Waals surface area contributed by atoms with E-state index in [1.807, 2.05) is 0 Å². The van der Waals surface area contributed by atoms with Crippen LogP contribution in [-0.2, 0) is 16.9 Å². The Labute approximate surface area is 113 Å². The van der Waals surface area contributed by atoms with Crippen LogP contribution < -0.4 is 5.32 Å². The minimum atomic E-state index is 0.238. The SMILES string of the molecule is CCCNC(COC)Cc1nc(CSCC)no1. The van der Waals surface area contributed by atoms with Gasteiger partial charge in [0.2, 0.25) is 5.89 Å². The molecule has 18 heavy (non-hydrogen) atoms. The zero-order valence-corrected chi connectivity index (χ0v) is 12.3. The first-order chi connectivity index (χ1) is 8.80. The van der Waals surface area contributed by atoms with Gasteiger partial charge in [0, 0.05) is 19.6 Å². The van der Waals surface area contributed by atoms with Crippen molar-refractivity contribution in [1.82, 2.24) is 15.5 Å². The van der Waals surface area contributed by atoms with E-state index in [-0.39, 0.29) is 6.04 Å². The Balaban J connectivity index is 2.43. The second-order valence-electron chi connectivity index (χ2n) is 4.05. The van der Waals surface area contributed by atoms with Gasteiger partial charge in [0.1, 0.15) is 0 Å². The van der Waals surface area contributed by atoms with E-state index in [0.717, 1.165) is 36.7 Å². The predicted molar refractivity (Wildman–Crippen MR) is 73.8 cm³/mol. The molecule has 1 aromatic heterocycles. The first-order valence-corrected chi connectivity index (χ1v) is 7.57. The molecule has 0 aliphatic carbocycles. The van der Waals surface area contributed by atoms with Gasteiger partial charge in [-0.3, -0.25) is 0 Å². The van der Waals surface area contributed by atoms with Crippen molar-refractivity contribution >= 4 is 11.8 Å².